The molecule has 4 nitrogen and oxygen atoms in total. The summed E-state index contributed by atoms with van der Waals surface area (Å²) in [4.78, 5) is 10.8. The molecule has 1 aromatic carbocycles. The minimum absolute atomic E-state index is 0.554. The predicted molar refractivity (Wildman–Crippen MR) is 85.1 cm³/mol. The summed E-state index contributed by atoms with van der Waals surface area (Å²) in [5.41, 5.74) is 1.69. The van der Waals surface area contributed by atoms with E-state index in [1.165, 1.54) is 6.08 Å². The van der Waals surface area contributed by atoms with Crippen LogP contribution < -0.4 is 4.74 Å². The third kappa shape index (κ3) is 3.22. The Morgan fingerprint density at radius 3 is 2.81 bits per heavy atom. The number of benzene rings is 1. The topological polar surface area (TPSA) is 51.5 Å². The Morgan fingerprint density at radius 1 is 1.43 bits per heavy atom. The van der Waals surface area contributed by atoms with Gasteiger partial charge in [-0.25, -0.2) is 4.79 Å². The first-order chi connectivity index (χ1) is 10.1. The van der Waals surface area contributed by atoms with Gasteiger partial charge in [-0.15, -0.1) is 0 Å². The second-order valence-electron chi connectivity index (χ2n) is 4.64. The molecular formula is C16H18ClNO3. The summed E-state index contributed by atoms with van der Waals surface area (Å²) in [7, 11) is 0. The van der Waals surface area contributed by atoms with Gasteiger partial charge >= 0.3 is 5.97 Å². The van der Waals surface area contributed by atoms with Gasteiger partial charge in [0.2, 0.25) is 0 Å². The maximum Gasteiger partial charge on any atom is 0.328 e. The summed E-state index contributed by atoms with van der Waals surface area (Å²) in [5.74, 6) is -0.247. The van der Waals surface area contributed by atoms with Gasteiger partial charge in [0.15, 0.2) is 0 Å². The lowest BCUT2D eigenvalue weighted by molar-refractivity contribution is -0.131. The number of carbonyl (C=O) groups is 1. The molecule has 21 heavy (non-hydrogen) atoms. The molecule has 0 saturated carbocycles. The van der Waals surface area contributed by atoms with Crippen LogP contribution in [0.2, 0.25) is 5.15 Å². The van der Waals surface area contributed by atoms with Crippen molar-refractivity contribution in [3.05, 3.63) is 35.0 Å². The fourth-order valence-corrected chi connectivity index (χ4v) is 2.68. The van der Waals surface area contributed by atoms with Gasteiger partial charge in [-0.2, -0.15) is 0 Å². The van der Waals surface area contributed by atoms with E-state index in [0.29, 0.717) is 17.3 Å². The normalized spacial score (nSPS) is 11.4. The average Bonchev–Trinajstić information content (AvgIpc) is 2.70. The fraction of sp³-hybridized carbons (Fsp3) is 0.312. The number of aromatic nitrogens is 1. The second kappa shape index (κ2) is 6.68. The van der Waals surface area contributed by atoms with Crippen molar-refractivity contribution in [3.8, 4) is 5.75 Å². The summed E-state index contributed by atoms with van der Waals surface area (Å²) in [6, 6.07) is 5.76. The molecule has 0 aliphatic heterocycles. The van der Waals surface area contributed by atoms with E-state index in [4.69, 9.17) is 21.4 Å². The van der Waals surface area contributed by atoms with Crippen molar-refractivity contribution in [1.29, 1.82) is 0 Å². The largest absolute Gasteiger partial charge is 0.494 e. The summed E-state index contributed by atoms with van der Waals surface area (Å²) in [6.45, 7) is 5.35. The fourth-order valence-electron chi connectivity index (χ4n) is 2.34. The lowest BCUT2D eigenvalue weighted by Crippen LogP contribution is -1.96. The number of carboxylic acids is 1. The van der Waals surface area contributed by atoms with Crippen LogP contribution in [0, 0.1) is 0 Å². The van der Waals surface area contributed by atoms with Crippen LogP contribution in [0.25, 0.3) is 17.0 Å². The Labute approximate surface area is 128 Å². The standard InChI is InChI=1S/C16H18ClNO3/c1-3-9-18-14-7-5-11(21-4-2)10-13(14)12(16(18)17)6-8-15(19)20/h5-8,10H,3-4,9H2,1-2H3,(H,19,20)/b8-6+. The number of nitrogens with zero attached hydrogens (tertiary/aromatic N) is 1. The van der Waals surface area contributed by atoms with E-state index in [1.54, 1.807) is 0 Å². The summed E-state index contributed by atoms with van der Waals surface area (Å²) in [5, 5.41) is 10.3. The third-order valence-electron chi connectivity index (χ3n) is 3.16. The zero-order chi connectivity index (χ0) is 15.4. The molecule has 0 spiro atoms. The van der Waals surface area contributed by atoms with Gasteiger partial charge in [-0.3, -0.25) is 0 Å². The highest BCUT2D eigenvalue weighted by atomic mass is 35.5. The Hall–Kier alpha value is -1.94. The molecule has 0 atom stereocenters. The number of halogens is 1. The number of aryl methyl sites for hydroxylation is 1. The van der Waals surface area contributed by atoms with Gasteiger partial charge in [0, 0.05) is 23.6 Å². The summed E-state index contributed by atoms with van der Waals surface area (Å²) >= 11 is 6.42. The summed E-state index contributed by atoms with van der Waals surface area (Å²) in [6.07, 6.45) is 3.58. The highest BCUT2D eigenvalue weighted by Gasteiger charge is 2.14. The molecule has 0 bridgehead atoms. The molecule has 1 N–H and O–H groups in total. The summed E-state index contributed by atoms with van der Waals surface area (Å²) < 4.78 is 7.51. The number of hydrogen-bond donors (Lipinski definition) is 1. The van der Waals surface area contributed by atoms with Gasteiger partial charge in [0.05, 0.1) is 12.1 Å². The molecular weight excluding hydrogens is 290 g/mol. The minimum Gasteiger partial charge on any atom is -0.494 e. The van der Waals surface area contributed by atoms with Crippen molar-refractivity contribution >= 4 is 34.5 Å². The van der Waals surface area contributed by atoms with Crippen LogP contribution in [-0.4, -0.2) is 22.2 Å². The monoisotopic (exact) mass is 307 g/mol. The van der Waals surface area contributed by atoms with E-state index in [2.05, 4.69) is 6.92 Å². The quantitative estimate of drug-likeness (QED) is 0.814. The van der Waals surface area contributed by atoms with Crippen molar-refractivity contribution < 1.29 is 14.6 Å². The van der Waals surface area contributed by atoms with Crippen molar-refractivity contribution in [1.82, 2.24) is 4.57 Å². The lowest BCUT2D eigenvalue weighted by atomic mass is 10.1. The van der Waals surface area contributed by atoms with Crippen LogP contribution in [0.5, 0.6) is 5.75 Å². The zero-order valence-corrected chi connectivity index (χ0v) is 12.9. The molecule has 1 aromatic heterocycles. The number of hydrogen-bond acceptors (Lipinski definition) is 2. The smallest absolute Gasteiger partial charge is 0.328 e. The number of carboxylic acid groups (broad SMARTS) is 1. The van der Waals surface area contributed by atoms with Gasteiger partial charge in [0.25, 0.3) is 0 Å². The van der Waals surface area contributed by atoms with Crippen LogP contribution in [0.15, 0.2) is 24.3 Å². The number of ether oxygens (including phenoxy) is 1. The van der Waals surface area contributed by atoms with Crippen molar-refractivity contribution in [2.75, 3.05) is 6.61 Å². The molecule has 112 valence electrons. The average molecular weight is 308 g/mol. The molecule has 0 aliphatic carbocycles. The molecule has 0 amide bonds. The van der Waals surface area contributed by atoms with Crippen molar-refractivity contribution in [2.24, 2.45) is 0 Å². The molecule has 0 radical (unpaired) electrons. The Balaban J connectivity index is 2.64. The molecule has 2 aromatic rings. The lowest BCUT2D eigenvalue weighted by Gasteiger charge is -2.06. The van der Waals surface area contributed by atoms with E-state index in [-0.39, 0.29) is 0 Å². The van der Waals surface area contributed by atoms with Crippen LogP contribution >= 0.6 is 11.6 Å². The van der Waals surface area contributed by atoms with Crippen LogP contribution in [0.4, 0.5) is 0 Å². The SMILES string of the molecule is CCCn1c(Cl)c(/C=C/C(=O)O)c2cc(OCC)ccc21. The molecule has 0 saturated heterocycles. The molecule has 0 fully saturated rings. The Kier molecular flexibility index (Phi) is 4.91. The predicted octanol–water partition coefficient (Wildman–Crippen LogP) is 4.20. The van der Waals surface area contributed by atoms with Crippen molar-refractivity contribution in [2.45, 2.75) is 26.8 Å². The maximum absolute atomic E-state index is 10.8. The van der Waals surface area contributed by atoms with Gasteiger partial charge < -0.3 is 14.4 Å². The Bertz CT molecular complexity index is 688. The number of aliphatic carboxylic acids is 1. The van der Waals surface area contributed by atoms with E-state index in [0.717, 1.165) is 35.7 Å². The number of fused-ring (bicyclic) bond motifs is 1. The van der Waals surface area contributed by atoms with E-state index in [1.807, 2.05) is 29.7 Å². The molecule has 0 aliphatic rings. The number of rotatable bonds is 6. The molecule has 0 unspecified atom stereocenters. The first-order valence-corrected chi connectivity index (χ1v) is 7.31. The molecule has 2 rings (SSSR count). The van der Waals surface area contributed by atoms with Gasteiger partial charge in [-0.05, 0) is 37.6 Å². The van der Waals surface area contributed by atoms with E-state index in [9.17, 15) is 4.79 Å². The second-order valence-corrected chi connectivity index (χ2v) is 5.00. The van der Waals surface area contributed by atoms with Crippen LogP contribution in [0.1, 0.15) is 25.8 Å². The molecule has 5 heteroatoms. The van der Waals surface area contributed by atoms with Crippen LogP contribution in [-0.2, 0) is 11.3 Å². The third-order valence-corrected chi connectivity index (χ3v) is 3.57. The zero-order valence-electron chi connectivity index (χ0n) is 12.1. The maximum atomic E-state index is 10.8. The van der Waals surface area contributed by atoms with E-state index < -0.39 is 5.97 Å². The molecule has 1 heterocycles. The highest BCUT2D eigenvalue weighted by molar-refractivity contribution is 6.33. The Morgan fingerprint density at radius 2 is 2.19 bits per heavy atom. The first kappa shape index (κ1) is 15.4. The van der Waals surface area contributed by atoms with Gasteiger partial charge in [0.1, 0.15) is 10.9 Å². The van der Waals surface area contributed by atoms with Gasteiger partial charge in [-0.1, -0.05) is 18.5 Å². The van der Waals surface area contributed by atoms with Crippen LogP contribution in [0.3, 0.4) is 0 Å². The minimum atomic E-state index is -0.997. The van der Waals surface area contributed by atoms with Crippen molar-refractivity contribution in [3.63, 3.8) is 0 Å². The highest BCUT2D eigenvalue weighted by Crippen LogP contribution is 2.34. The first-order valence-electron chi connectivity index (χ1n) is 6.94. The van der Waals surface area contributed by atoms with E-state index >= 15 is 0 Å².